The number of carbonyl (C=O) groups is 1. The minimum absolute atomic E-state index is 0.0852. The molecule has 1 aliphatic heterocycles. The molecular formula is C20H24FN3O7S2. The van der Waals surface area contributed by atoms with E-state index in [0.717, 1.165) is 20.4 Å². The highest BCUT2D eigenvalue weighted by atomic mass is 32.2. The fourth-order valence-corrected chi connectivity index (χ4v) is 5.81. The van der Waals surface area contributed by atoms with Gasteiger partial charge in [0.25, 0.3) is 5.91 Å². The molecule has 0 radical (unpaired) electrons. The number of carbonyl (C=O) groups excluding carboxylic acids is 1. The molecule has 1 atom stereocenters. The number of nitrogens with one attached hydrogen (secondary N) is 1. The first-order valence-electron chi connectivity index (χ1n) is 9.82. The smallest absolute Gasteiger partial charge is 0.263 e. The van der Waals surface area contributed by atoms with E-state index in [0.29, 0.717) is 11.3 Å². The lowest BCUT2D eigenvalue weighted by atomic mass is 10.1. The van der Waals surface area contributed by atoms with Crippen LogP contribution in [0.5, 0.6) is 5.75 Å². The molecule has 0 bridgehead atoms. The summed E-state index contributed by atoms with van der Waals surface area (Å²) in [5.41, 5.74) is 2.89. The van der Waals surface area contributed by atoms with Crippen molar-refractivity contribution in [1.82, 2.24) is 14.1 Å². The van der Waals surface area contributed by atoms with Gasteiger partial charge in [-0.05, 0) is 54.4 Å². The van der Waals surface area contributed by atoms with Gasteiger partial charge in [-0.3, -0.25) is 10.0 Å². The van der Waals surface area contributed by atoms with Gasteiger partial charge in [0.15, 0.2) is 0 Å². The first-order chi connectivity index (χ1) is 15.4. The number of aryl methyl sites for hydroxylation is 1. The van der Waals surface area contributed by atoms with Crippen LogP contribution in [0, 0.1) is 12.7 Å². The highest BCUT2D eigenvalue weighted by Gasteiger charge is 2.42. The van der Waals surface area contributed by atoms with Crippen LogP contribution in [0.15, 0.2) is 47.4 Å². The number of rotatable bonds is 7. The quantitative estimate of drug-likeness (QED) is 0.425. The van der Waals surface area contributed by atoms with Gasteiger partial charge in [0.2, 0.25) is 20.0 Å². The lowest BCUT2D eigenvalue weighted by Gasteiger charge is -2.38. The first kappa shape index (κ1) is 25.1. The molecule has 10 nitrogen and oxygen atoms in total. The van der Waals surface area contributed by atoms with E-state index in [9.17, 15) is 26.0 Å². The Bertz CT molecular complexity index is 1230. The van der Waals surface area contributed by atoms with Gasteiger partial charge in [0.1, 0.15) is 24.2 Å². The second-order valence-corrected chi connectivity index (χ2v) is 11.4. The van der Waals surface area contributed by atoms with Crippen molar-refractivity contribution in [2.24, 2.45) is 0 Å². The van der Waals surface area contributed by atoms with Crippen molar-refractivity contribution in [3.8, 4) is 5.75 Å². The lowest BCUT2D eigenvalue weighted by molar-refractivity contribution is -0.134. The Morgan fingerprint density at radius 2 is 1.82 bits per heavy atom. The van der Waals surface area contributed by atoms with Gasteiger partial charge in [0, 0.05) is 19.6 Å². The molecule has 1 unspecified atom stereocenters. The molecule has 2 N–H and O–H groups in total. The molecule has 1 amide bonds. The van der Waals surface area contributed by atoms with Crippen LogP contribution in [-0.2, 0) is 31.4 Å². The van der Waals surface area contributed by atoms with Gasteiger partial charge in [-0.15, -0.1) is 0 Å². The van der Waals surface area contributed by atoms with Crippen LogP contribution in [0.1, 0.15) is 11.1 Å². The predicted molar refractivity (Wildman–Crippen MR) is 116 cm³/mol. The molecule has 2 aromatic carbocycles. The highest BCUT2D eigenvalue weighted by Crippen LogP contribution is 2.25. The number of hydrogen-bond acceptors (Lipinski definition) is 7. The highest BCUT2D eigenvalue weighted by molar-refractivity contribution is 7.89. The van der Waals surface area contributed by atoms with Crippen molar-refractivity contribution in [1.29, 1.82) is 0 Å². The number of nitrogens with zero attached hydrogens (tertiary/aromatic N) is 2. The maximum Gasteiger partial charge on any atom is 0.263 e. The van der Waals surface area contributed by atoms with Crippen LogP contribution in [0.2, 0.25) is 0 Å². The summed E-state index contributed by atoms with van der Waals surface area (Å²) in [6.45, 7) is 1.06. The van der Waals surface area contributed by atoms with Gasteiger partial charge in [-0.1, -0.05) is 6.07 Å². The molecule has 0 aliphatic carbocycles. The largest absolute Gasteiger partial charge is 0.489 e. The van der Waals surface area contributed by atoms with Crippen LogP contribution < -0.4 is 10.2 Å². The first-order valence-corrected chi connectivity index (χ1v) is 13.1. The van der Waals surface area contributed by atoms with Crippen LogP contribution in [0.3, 0.4) is 0 Å². The molecule has 0 aromatic heterocycles. The standard InChI is InChI=1S/C20H24FN3O7S2/c1-14-3-4-16(21)11-15(14)13-31-17-5-7-18(8-6-17)33(29,30)24-10-9-23(32(2,27)28)12-19(24)20(25)22-26/h3-8,11,19,26H,9-10,12-13H2,1-2H3,(H,22,25). The lowest BCUT2D eigenvalue weighted by Crippen LogP contribution is -2.60. The number of piperazine rings is 1. The van der Waals surface area contributed by atoms with E-state index in [1.165, 1.54) is 41.9 Å². The van der Waals surface area contributed by atoms with E-state index in [1.54, 1.807) is 6.07 Å². The topological polar surface area (TPSA) is 133 Å². The summed E-state index contributed by atoms with van der Waals surface area (Å²) in [5, 5.41) is 9.03. The zero-order valence-electron chi connectivity index (χ0n) is 17.9. The number of hydroxylamine groups is 1. The fourth-order valence-electron chi connectivity index (χ4n) is 3.42. The molecule has 1 heterocycles. The fraction of sp³-hybridized carbons (Fsp3) is 0.350. The molecule has 0 saturated carbocycles. The average molecular weight is 502 g/mol. The van der Waals surface area contributed by atoms with Crippen LogP contribution in [-0.4, -0.2) is 68.5 Å². The molecule has 13 heteroatoms. The van der Waals surface area contributed by atoms with E-state index in [-0.39, 0.29) is 24.6 Å². The maximum absolute atomic E-state index is 13.4. The minimum atomic E-state index is -4.20. The molecule has 1 fully saturated rings. The van der Waals surface area contributed by atoms with Crippen molar-refractivity contribution in [3.05, 3.63) is 59.4 Å². The van der Waals surface area contributed by atoms with E-state index in [4.69, 9.17) is 9.94 Å². The van der Waals surface area contributed by atoms with Gasteiger partial charge in [-0.2, -0.15) is 8.61 Å². The van der Waals surface area contributed by atoms with E-state index < -0.39 is 44.4 Å². The molecule has 3 rings (SSSR count). The average Bonchev–Trinajstić information content (AvgIpc) is 2.78. The minimum Gasteiger partial charge on any atom is -0.489 e. The van der Waals surface area contributed by atoms with Crippen LogP contribution in [0.25, 0.3) is 0 Å². The zero-order chi connectivity index (χ0) is 24.4. The molecule has 0 spiro atoms. The second kappa shape index (κ2) is 9.73. The van der Waals surface area contributed by atoms with Crippen molar-refractivity contribution < 1.29 is 36.0 Å². The van der Waals surface area contributed by atoms with Gasteiger partial charge >= 0.3 is 0 Å². The molecule has 1 saturated heterocycles. The summed E-state index contributed by atoms with van der Waals surface area (Å²) in [6.07, 6.45) is 0.953. The Labute approximate surface area is 191 Å². The summed E-state index contributed by atoms with van der Waals surface area (Å²) in [4.78, 5) is 12.0. The Morgan fingerprint density at radius 1 is 1.15 bits per heavy atom. The van der Waals surface area contributed by atoms with Crippen molar-refractivity contribution in [2.45, 2.75) is 24.5 Å². The van der Waals surface area contributed by atoms with E-state index >= 15 is 0 Å². The summed E-state index contributed by atoms with van der Waals surface area (Å²) in [6, 6.07) is 8.32. The number of benzene rings is 2. The Balaban J connectivity index is 1.78. The molecule has 2 aromatic rings. The molecule has 180 valence electrons. The Morgan fingerprint density at radius 3 is 2.42 bits per heavy atom. The number of halogens is 1. The summed E-state index contributed by atoms with van der Waals surface area (Å²) < 4.78 is 70.9. The SMILES string of the molecule is Cc1ccc(F)cc1COc1ccc(S(=O)(=O)N2CCN(S(C)(=O)=O)CC2C(=O)NO)cc1. The normalized spacial score (nSPS) is 18.1. The third-order valence-electron chi connectivity index (χ3n) is 5.31. The second-order valence-electron chi connectivity index (χ2n) is 7.56. The summed E-state index contributed by atoms with van der Waals surface area (Å²) in [7, 11) is -7.86. The Hall–Kier alpha value is -2.58. The molecular weight excluding hydrogens is 477 g/mol. The zero-order valence-corrected chi connectivity index (χ0v) is 19.6. The number of hydrogen-bond donors (Lipinski definition) is 2. The number of ether oxygens (including phenoxy) is 1. The van der Waals surface area contributed by atoms with Gasteiger partial charge in [-0.25, -0.2) is 26.7 Å². The maximum atomic E-state index is 13.4. The third-order valence-corrected chi connectivity index (χ3v) is 8.50. The summed E-state index contributed by atoms with van der Waals surface area (Å²) in [5.74, 6) is -1.08. The van der Waals surface area contributed by atoms with Crippen molar-refractivity contribution in [3.63, 3.8) is 0 Å². The Kier molecular flexibility index (Phi) is 7.39. The van der Waals surface area contributed by atoms with E-state index in [1.807, 2.05) is 6.92 Å². The third kappa shape index (κ3) is 5.68. The van der Waals surface area contributed by atoms with Crippen molar-refractivity contribution in [2.75, 3.05) is 25.9 Å². The number of amides is 1. The molecule has 33 heavy (non-hydrogen) atoms. The molecule has 1 aliphatic rings. The van der Waals surface area contributed by atoms with Crippen LogP contribution in [0.4, 0.5) is 4.39 Å². The predicted octanol–water partition coefficient (Wildman–Crippen LogP) is 0.853. The van der Waals surface area contributed by atoms with E-state index in [2.05, 4.69) is 0 Å². The van der Waals surface area contributed by atoms with Gasteiger partial charge in [0.05, 0.1) is 11.2 Å². The summed E-state index contributed by atoms with van der Waals surface area (Å²) >= 11 is 0. The van der Waals surface area contributed by atoms with Gasteiger partial charge < -0.3 is 4.74 Å². The van der Waals surface area contributed by atoms with Crippen LogP contribution >= 0.6 is 0 Å². The van der Waals surface area contributed by atoms with Crippen molar-refractivity contribution >= 4 is 26.0 Å². The monoisotopic (exact) mass is 501 g/mol. The number of sulfonamides is 2.